The van der Waals surface area contributed by atoms with E-state index in [1.54, 1.807) is 18.7 Å². The van der Waals surface area contributed by atoms with Crippen molar-refractivity contribution in [3.8, 4) is 0 Å². The molecule has 0 spiro atoms. The lowest BCUT2D eigenvalue weighted by Crippen LogP contribution is -2.49. The minimum atomic E-state index is -0.153. The van der Waals surface area contributed by atoms with E-state index in [0.717, 1.165) is 18.6 Å². The summed E-state index contributed by atoms with van der Waals surface area (Å²) >= 11 is 1.75. The minimum Gasteiger partial charge on any atom is -0.320 e. The molecule has 2 fully saturated rings. The van der Waals surface area contributed by atoms with Crippen LogP contribution in [0.25, 0.3) is 0 Å². The number of carbonyl (C=O) groups excluding carboxylic acids is 2. The highest BCUT2D eigenvalue weighted by Gasteiger charge is 2.43. The Hall–Kier alpha value is -0.510. The van der Waals surface area contributed by atoms with Crippen LogP contribution in [0.15, 0.2) is 0 Å². The molecular weight excluding hydrogens is 198 g/mol. The molecular formula is C10H15NO2S. The topological polar surface area (TPSA) is 37.4 Å². The molecule has 0 aliphatic carbocycles. The van der Waals surface area contributed by atoms with Gasteiger partial charge in [-0.15, -0.1) is 11.8 Å². The molecule has 3 atom stereocenters. The van der Waals surface area contributed by atoms with Gasteiger partial charge in [-0.2, -0.15) is 0 Å². The Balaban J connectivity index is 2.20. The Morgan fingerprint density at radius 3 is 2.86 bits per heavy atom. The first-order chi connectivity index (χ1) is 6.61. The number of hydrogen-bond donors (Lipinski definition) is 0. The smallest absolute Gasteiger partial charge is 0.226 e. The lowest BCUT2D eigenvalue weighted by molar-refractivity contribution is -0.144. The third-order valence-corrected chi connectivity index (χ3v) is 4.44. The quantitative estimate of drug-likeness (QED) is 0.658. The lowest BCUT2D eigenvalue weighted by atomic mass is 9.97. The van der Waals surface area contributed by atoms with Crippen molar-refractivity contribution in [2.75, 3.05) is 5.75 Å². The normalized spacial score (nSPS) is 37.1. The van der Waals surface area contributed by atoms with Crippen molar-refractivity contribution < 1.29 is 9.59 Å². The van der Waals surface area contributed by atoms with Crippen molar-refractivity contribution >= 4 is 23.5 Å². The molecule has 0 aromatic rings. The van der Waals surface area contributed by atoms with Crippen LogP contribution in [0.3, 0.4) is 0 Å². The second-order valence-corrected chi connectivity index (χ2v) is 5.35. The first-order valence-electron chi connectivity index (χ1n) is 5.05. The summed E-state index contributed by atoms with van der Waals surface area (Å²) in [4.78, 5) is 25.0. The summed E-state index contributed by atoms with van der Waals surface area (Å²) in [5.74, 6) is 1.19. The van der Waals surface area contributed by atoms with Gasteiger partial charge in [0.15, 0.2) is 5.78 Å². The highest BCUT2D eigenvalue weighted by atomic mass is 32.2. The third kappa shape index (κ3) is 1.45. The van der Waals surface area contributed by atoms with E-state index in [0.29, 0.717) is 0 Å². The summed E-state index contributed by atoms with van der Waals surface area (Å²) in [6, 6.07) is -0.153. The maximum Gasteiger partial charge on any atom is 0.226 e. The number of piperidine rings is 1. The van der Waals surface area contributed by atoms with Crippen LogP contribution in [0.1, 0.15) is 26.7 Å². The Bertz CT molecular complexity index is 279. The predicted octanol–water partition coefficient (Wildman–Crippen LogP) is 1.28. The monoisotopic (exact) mass is 213 g/mol. The highest BCUT2D eigenvalue weighted by Crippen LogP contribution is 2.38. The van der Waals surface area contributed by atoms with E-state index in [1.807, 2.05) is 11.8 Å². The first-order valence-corrected chi connectivity index (χ1v) is 6.10. The maximum atomic E-state index is 11.9. The van der Waals surface area contributed by atoms with Gasteiger partial charge in [0.1, 0.15) is 6.04 Å². The van der Waals surface area contributed by atoms with E-state index < -0.39 is 0 Å². The van der Waals surface area contributed by atoms with Crippen LogP contribution in [0, 0.1) is 5.92 Å². The highest BCUT2D eigenvalue weighted by molar-refractivity contribution is 8.00. The van der Waals surface area contributed by atoms with Crippen LogP contribution < -0.4 is 0 Å². The fraction of sp³-hybridized carbons (Fsp3) is 0.800. The van der Waals surface area contributed by atoms with Crippen molar-refractivity contribution in [2.24, 2.45) is 5.92 Å². The van der Waals surface area contributed by atoms with E-state index >= 15 is 0 Å². The van der Waals surface area contributed by atoms with E-state index in [9.17, 15) is 9.59 Å². The molecule has 2 heterocycles. The van der Waals surface area contributed by atoms with Crippen molar-refractivity contribution in [1.29, 1.82) is 0 Å². The van der Waals surface area contributed by atoms with Gasteiger partial charge in [-0.25, -0.2) is 0 Å². The van der Waals surface area contributed by atoms with Gasteiger partial charge in [0.2, 0.25) is 5.91 Å². The molecule has 14 heavy (non-hydrogen) atoms. The number of thioether (sulfide) groups is 1. The average molecular weight is 213 g/mol. The van der Waals surface area contributed by atoms with Crippen LogP contribution >= 0.6 is 11.8 Å². The van der Waals surface area contributed by atoms with Gasteiger partial charge in [-0.05, 0) is 19.8 Å². The van der Waals surface area contributed by atoms with Gasteiger partial charge in [0.25, 0.3) is 0 Å². The summed E-state index contributed by atoms with van der Waals surface area (Å²) in [6.07, 6.45) is 2.01. The molecule has 2 rings (SSSR count). The molecule has 2 aliphatic rings. The second-order valence-electron chi connectivity index (χ2n) is 4.14. The SMILES string of the molecule is CC(=O)[C@@H]1CSC2CC[C@H](C)C(=O)N21. The van der Waals surface area contributed by atoms with Gasteiger partial charge in [-0.3, -0.25) is 9.59 Å². The Kier molecular flexibility index (Phi) is 2.56. The molecule has 1 amide bonds. The fourth-order valence-corrected chi connectivity index (χ4v) is 3.68. The molecule has 0 aromatic heterocycles. The van der Waals surface area contributed by atoms with E-state index in [4.69, 9.17) is 0 Å². The summed E-state index contributed by atoms with van der Waals surface area (Å²) in [6.45, 7) is 3.54. The third-order valence-electron chi connectivity index (χ3n) is 3.08. The summed E-state index contributed by atoms with van der Waals surface area (Å²) in [7, 11) is 0. The van der Waals surface area contributed by atoms with Gasteiger partial charge in [-0.1, -0.05) is 6.92 Å². The Labute approximate surface area is 88.2 Å². The second kappa shape index (κ2) is 3.57. The molecule has 2 saturated heterocycles. The number of rotatable bonds is 1. The zero-order chi connectivity index (χ0) is 10.3. The molecule has 4 heteroatoms. The molecule has 3 nitrogen and oxygen atoms in total. The number of hydrogen-bond acceptors (Lipinski definition) is 3. The Morgan fingerprint density at radius 2 is 2.21 bits per heavy atom. The van der Waals surface area contributed by atoms with Crippen LogP contribution in [0.5, 0.6) is 0 Å². The zero-order valence-electron chi connectivity index (χ0n) is 8.53. The number of ketones is 1. The number of amides is 1. The number of carbonyl (C=O) groups is 2. The summed E-state index contributed by atoms with van der Waals surface area (Å²) in [5, 5.41) is 0.271. The molecule has 1 unspecified atom stereocenters. The van der Waals surface area contributed by atoms with Crippen LogP contribution in [0.2, 0.25) is 0 Å². The fourth-order valence-electron chi connectivity index (χ4n) is 2.17. The van der Waals surface area contributed by atoms with Crippen LogP contribution in [0.4, 0.5) is 0 Å². The first kappa shape index (κ1) is 10.0. The van der Waals surface area contributed by atoms with Gasteiger partial charge in [0, 0.05) is 11.7 Å². The van der Waals surface area contributed by atoms with Crippen molar-refractivity contribution in [3.05, 3.63) is 0 Å². The van der Waals surface area contributed by atoms with E-state index in [2.05, 4.69) is 0 Å². The van der Waals surface area contributed by atoms with Crippen LogP contribution in [-0.2, 0) is 9.59 Å². The minimum absolute atomic E-state index is 0.104. The molecule has 0 radical (unpaired) electrons. The van der Waals surface area contributed by atoms with E-state index in [-0.39, 0.29) is 29.0 Å². The molecule has 2 aliphatic heterocycles. The summed E-state index contributed by atoms with van der Waals surface area (Å²) in [5.41, 5.74) is 0. The van der Waals surface area contributed by atoms with E-state index in [1.165, 1.54) is 0 Å². The molecule has 78 valence electrons. The largest absolute Gasteiger partial charge is 0.320 e. The number of fused-ring (bicyclic) bond motifs is 1. The van der Waals surface area contributed by atoms with Gasteiger partial charge < -0.3 is 4.90 Å². The van der Waals surface area contributed by atoms with Gasteiger partial charge >= 0.3 is 0 Å². The summed E-state index contributed by atoms with van der Waals surface area (Å²) < 4.78 is 0. The number of Topliss-reactive ketones (excluding diaryl/α,β-unsaturated/α-hetero) is 1. The zero-order valence-corrected chi connectivity index (χ0v) is 9.34. The van der Waals surface area contributed by atoms with Gasteiger partial charge in [0.05, 0.1) is 5.37 Å². The van der Waals surface area contributed by atoms with Crippen molar-refractivity contribution in [1.82, 2.24) is 4.90 Å². The molecule has 0 saturated carbocycles. The lowest BCUT2D eigenvalue weighted by Gasteiger charge is -2.35. The Morgan fingerprint density at radius 1 is 1.50 bits per heavy atom. The predicted molar refractivity (Wildman–Crippen MR) is 56.0 cm³/mol. The average Bonchev–Trinajstić information content (AvgIpc) is 2.55. The maximum absolute atomic E-state index is 11.9. The van der Waals surface area contributed by atoms with Crippen LogP contribution in [-0.4, -0.2) is 33.8 Å². The molecule has 0 aromatic carbocycles. The molecule has 0 N–H and O–H groups in total. The standard InChI is InChI=1S/C10H15NO2S/c1-6-3-4-9-11(10(6)13)8(5-14-9)7(2)12/h6,8-9H,3-5H2,1-2H3/t6-,8-,9?/m0/s1. The van der Waals surface area contributed by atoms with Crippen molar-refractivity contribution in [3.63, 3.8) is 0 Å². The molecule has 0 bridgehead atoms. The number of nitrogens with zero attached hydrogens (tertiary/aromatic N) is 1. The van der Waals surface area contributed by atoms with Crippen molar-refractivity contribution in [2.45, 2.75) is 38.1 Å².